The Bertz CT molecular complexity index is 3170. The highest BCUT2D eigenvalue weighted by atomic mass is 32.2. The molecular weight excluding hydrogens is 1210 g/mol. The third-order valence-corrected chi connectivity index (χ3v) is 17.7. The first-order chi connectivity index (χ1) is 43.9. The molecule has 13 N–H and O–H groups in total. The molecule has 2 bridgehead atoms. The van der Waals surface area contributed by atoms with Gasteiger partial charge in [0.2, 0.25) is 53.2 Å². The number of rotatable bonds is 23. The number of aliphatic hydroxyl groups is 1. The van der Waals surface area contributed by atoms with Crippen LogP contribution in [0.4, 0.5) is 9.18 Å². The second-order valence-corrected chi connectivity index (χ2v) is 24.2. The Morgan fingerprint density at radius 3 is 2.26 bits per heavy atom. The molecule has 0 spiro atoms. The van der Waals surface area contributed by atoms with Crippen LogP contribution in [-0.2, 0) is 83.2 Å². The van der Waals surface area contributed by atoms with Crippen LogP contribution in [0.15, 0.2) is 60.9 Å². The van der Waals surface area contributed by atoms with E-state index in [1.54, 1.807) is 12.3 Å². The van der Waals surface area contributed by atoms with Gasteiger partial charge in [0.05, 0.1) is 57.4 Å². The number of hydrogen-bond donors (Lipinski definition) is 12. The summed E-state index contributed by atoms with van der Waals surface area (Å²) in [5.41, 5.74) is 7.87. The summed E-state index contributed by atoms with van der Waals surface area (Å²) in [6.07, 6.45) is 6.87. The number of carbonyl (C=O) groups excluding carboxylic acids is 10. The van der Waals surface area contributed by atoms with Gasteiger partial charge >= 0.3 is 6.03 Å². The predicted octanol–water partition coefficient (Wildman–Crippen LogP) is -1.60. The molecule has 31 heteroatoms. The highest BCUT2D eigenvalue weighted by Crippen LogP contribution is 2.33. The van der Waals surface area contributed by atoms with E-state index >= 15 is 0 Å². The van der Waals surface area contributed by atoms with E-state index < -0.39 is 109 Å². The summed E-state index contributed by atoms with van der Waals surface area (Å²) in [5.74, 6) is -6.17. The number of H-pyrrole nitrogens is 1. The number of primary amides is 1. The van der Waals surface area contributed by atoms with E-state index in [4.69, 9.17) is 19.9 Å². The van der Waals surface area contributed by atoms with Crippen molar-refractivity contribution in [3.63, 3.8) is 0 Å². The number of fused-ring (bicyclic) bond motifs is 5. The second kappa shape index (κ2) is 34.2. The topological polar surface area (TPSA) is 403 Å². The Morgan fingerprint density at radius 1 is 0.758 bits per heavy atom. The van der Waals surface area contributed by atoms with Crippen LogP contribution in [0.3, 0.4) is 0 Å². The lowest BCUT2D eigenvalue weighted by atomic mass is 10.0. The minimum atomic E-state index is -1.59. The van der Waals surface area contributed by atoms with Gasteiger partial charge < -0.3 is 82.8 Å². The molecule has 0 unspecified atom stereocenters. The first kappa shape index (κ1) is 68.6. The molecule has 4 aliphatic rings. The number of ether oxygens (including phenoxy) is 3. The Hall–Kier alpha value is -8.26. The van der Waals surface area contributed by atoms with E-state index in [9.17, 15) is 57.4 Å². The molecule has 2 aromatic carbocycles. The maximum absolute atomic E-state index is 14.6. The van der Waals surface area contributed by atoms with Crippen molar-refractivity contribution >= 4 is 81.9 Å². The summed E-state index contributed by atoms with van der Waals surface area (Å²) in [6, 6.07) is 3.27. The van der Waals surface area contributed by atoms with Crippen LogP contribution in [0.5, 0.6) is 0 Å². The molecule has 2 aromatic heterocycles. The largest absolute Gasteiger partial charge is 0.394 e. The number of amides is 11. The van der Waals surface area contributed by atoms with Crippen LogP contribution in [0.1, 0.15) is 81.5 Å². The van der Waals surface area contributed by atoms with Gasteiger partial charge in [0.1, 0.15) is 54.7 Å². The normalized spacial score (nSPS) is 24.8. The fourth-order valence-corrected chi connectivity index (χ4v) is 12.8. The number of hydrogen-bond acceptors (Lipinski definition) is 17. The number of nitrogens with zero attached hydrogens (tertiary/aromatic N) is 4. The van der Waals surface area contributed by atoms with E-state index in [0.717, 1.165) is 35.9 Å². The minimum Gasteiger partial charge on any atom is -0.394 e. The zero-order valence-electron chi connectivity index (χ0n) is 50.7. The van der Waals surface area contributed by atoms with E-state index in [0.29, 0.717) is 48.6 Å². The van der Waals surface area contributed by atoms with Crippen molar-refractivity contribution < 1.29 is 71.7 Å². The number of unbranched alkanes of at least 4 members (excludes halogenated alkanes) is 1. The summed E-state index contributed by atoms with van der Waals surface area (Å²) in [4.78, 5) is 140. The molecule has 4 aromatic rings. The molecule has 10 atom stereocenters. The van der Waals surface area contributed by atoms with Gasteiger partial charge in [-0.1, -0.05) is 42.0 Å². The number of benzene rings is 2. The van der Waals surface area contributed by atoms with Crippen LogP contribution in [0.2, 0.25) is 0 Å². The van der Waals surface area contributed by atoms with E-state index in [2.05, 4.69) is 63.1 Å². The Morgan fingerprint density at radius 2 is 1.48 bits per heavy atom. The van der Waals surface area contributed by atoms with Gasteiger partial charge in [-0.15, -0.1) is 5.10 Å². The Kier molecular flexibility index (Phi) is 25.8. The smallest absolute Gasteiger partial charge is 0.315 e. The van der Waals surface area contributed by atoms with Gasteiger partial charge in [-0.05, 0) is 81.2 Å². The Labute approximate surface area is 528 Å². The number of thioether (sulfide) groups is 1. The minimum absolute atomic E-state index is 0.0101. The number of urea groups is 1. The van der Waals surface area contributed by atoms with Gasteiger partial charge in [-0.25, -0.2) is 9.18 Å². The maximum atomic E-state index is 14.6. The zero-order valence-corrected chi connectivity index (χ0v) is 51.5. The lowest BCUT2D eigenvalue weighted by Gasteiger charge is -2.30. The number of aromatic nitrogens is 4. The maximum Gasteiger partial charge on any atom is 0.315 e. The highest BCUT2D eigenvalue weighted by Gasteiger charge is 2.43. The molecule has 0 aliphatic carbocycles. The predicted molar refractivity (Wildman–Crippen MR) is 327 cm³/mol. The quantitative estimate of drug-likeness (QED) is 0.0294. The van der Waals surface area contributed by atoms with Gasteiger partial charge in [0.25, 0.3) is 0 Å². The second-order valence-electron chi connectivity index (χ2n) is 22.9. The fraction of sp³-hybridized carbons (Fsp3) is 0.567. The molecular formula is C60H82FN15O14S. The standard InChI is InChI=1S/C60H82FN15O14S/c1-35-54(81)68-44(28-37-30-64-41-10-3-2-9-40(37)41)56(83)69-43(27-36-15-17-38(61)18-16-36)55(82)67-42(53(62)80)11-6-7-20-75-31-39(73-74-75)29-45(57(84)70-46(32-77)59(86)76-21-8-12-48(76)58(85)65-35)66-51(79)33-90-26-25-89-24-23-88-22-19-63-50(78)14-5-4-13-49-52-47(34-91-49)71-60(87)72-52/h2-3,9-10,15-18,30-31,35,42-49,52,64,77H,4-8,11-14,19-29,32-34H2,1H3,(H2,62,80)(H,63,78)(H,65,85)(H,66,79)(H,67,82)(H,68,81)(H,69,83)(H,70,84)(H2,71,72,87)/t35-,42+,43+,44-,45+,46-,47+,48-,49+,52+/m1/s1. The third-order valence-electron chi connectivity index (χ3n) is 16.2. The molecule has 0 saturated carbocycles. The number of halogens is 1. The molecule has 29 nitrogen and oxygen atoms in total. The number of nitrogens with one attached hydrogen (secondary N) is 10. The number of aryl methyl sites for hydroxylation is 1. The molecule has 3 saturated heterocycles. The van der Waals surface area contributed by atoms with E-state index in [1.807, 2.05) is 30.0 Å². The van der Waals surface area contributed by atoms with Gasteiger partial charge in [0, 0.05) is 79.6 Å². The highest BCUT2D eigenvalue weighted by molar-refractivity contribution is 8.00. The van der Waals surface area contributed by atoms with Crippen LogP contribution < -0.4 is 53.6 Å². The zero-order chi connectivity index (χ0) is 64.8. The van der Waals surface area contributed by atoms with Crippen molar-refractivity contribution in [1.82, 2.24) is 72.7 Å². The Balaban J connectivity index is 0.871. The fourth-order valence-electron chi connectivity index (χ4n) is 11.3. The first-order valence-electron chi connectivity index (χ1n) is 30.8. The van der Waals surface area contributed by atoms with Crippen molar-refractivity contribution in [3.05, 3.63) is 83.6 Å². The molecule has 4 aliphatic heterocycles. The molecule has 91 heavy (non-hydrogen) atoms. The van der Waals surface area contributed by atoms with Crippen LogP contribution >= 0.6 is 11.8 Å². The summed E-state index contributed by atoms with van der Waals surface area (Å²) in [5, 5.41) is 44.7. The van der Waals surface area contributed by atoms with Crippen LogP contribution in [-0.4, -0.2) is 214 Å². The number of aromatic amines is 1. The third kappa shape index (κ3) is 20.4. The summed E-state index contributed by atoms with van der Waals surface area (Å²) >= 11 is 1.85. The van der Waals surface area contributed by atoms with E-state index in [-0.39, 0.29) is 108 Å². The molecule has 8 rings (SSSR count). The average molecular weight is 1290 g/mol. The molecule has 494 valence electrons. The van der Waals surface area contributed by atoms with E-state index in [1.165, 1.54) is 47.0 Å². The summed E-state index contributed by atoms with van der Waals surface area (Å²) in [7, 11) is 0. The van der Waals surface area contributed by atoms with Crippen molar-refractivity contribution in [2.45, 2.75) is 150 Å². The number of para-hydroxylation sites is 1. The van der Waals surface area contributed by atoms with Gasteiger partial charge in [0.15, 0.2) is 0 Å². The van der Waals surface area contributed by atoms with Crippen molar-refractivity contribution in [2.75, 3.05) is 65.1 Å². The van der Waals surface area contributed by atoms with Gasteiger partial charge in [-0.2, -0.15) is 11.8 Å². The van der Waals surface area contributed by atoms with Crippen molar-refractivity contribution in [3.8, 4) is 0 Å². The summed E-state index contributed by atoms with van der Waals surface area (Å²) < 4.78 is 32.2. The van der Waals surface area contributed by atoms with Crippen LogP contribution in [0, 0.1) is 5.82 Å². The number of aliphatic hydroxyl groups excluding tert-OH is 1. The van der Waals surface area contributed by atoms with Crippen molar-refractivity contribution in [2.24, 2.45) is 5.73 Å². The average Bonchev–Trinajstić information content (AvgIpc) is 3.39. The van der Waals surface area contributed by atoms with Crippen molar-refractivity contribution in [1.29, 1.82) is 0 Å². The molecule has 3 fully saturated rings. The van der Waals surface area contributed by atoms with Crippen LogP contribution in [0.25, 0.3) is 10.9 Å². The SMILES string of the molecule is C[C@H]1NC(=O)[C@H]2CCCN2C(=O)[C@@H](CO)NC(=O)[C@@H](NC(=O)COCCOCCOCCNC(=O)CCCC[C@@H]2SC[C@@H]3NC(=O)N[C@@H]32)Cc2cn(nn2)CCCC[C@@H](C(N)=O)NC(=O)[C@H](Cc2ccc(F)cc2)NC(=O)[C@@H](Cc2c[nH]c3ccccc23)NC1=O. The number of carbonyl (C=O) groups is 10. The summed E-state index contributed by atoms with van der Waals surface area (Å²) in [6.45, 7) is 1.38. The molecule has 0 radical (unpaired) electrons. The van der Waals surface area contributed by atoms with Gasteiger partial charge in [-0.3, -0.25) is 47.8 Å². The first-order valence-corrected chi connectivity index (χ1v) is 31.9. The lowest BCUT2D eigenvalue weighted by molar-refractivity contribution is -0.143. The molecule has 6 heterocycles. The monoisotopic (exact) mass is 1290 g/mol. The number of nitrogens with two attached hydrogens (primary N) is 1. The lowest BCUT2D eigenvalue weighted by Crippen LogP contribution is -2.60. The molecule has 11 amide bonds.